The molecule has 35 heavy (non-hydrogen) atoms. The fourth-order valence-electron chi connectivity index (χ4n) is 5.15. The number of hydrogen-bond donors (Lipinski definition) is 0. The second-order valence-corrected chi connectivity index (χ2v) is 11.3. The summed E-state index contributed by atoms with van der Waals surface area (Å²) in [5, 5.41) is 0. The number of benzene rings is 2. The molecule has 2 aliphatic heterocycles. The SMILES string of the molecule is CC1Oc2ccccc2N(CCC(=O)N2CCN(S(=O)(=O)c3ccc4c(c3)CCCC4)CC2)C1=O. The van der Waals surface area contributed by atoms with Gasteiger partial charge < -0.3 is 14.5 Å². The summed E-state index contributed by atoms with van der Waals surface area (Å²) in [7, 11) is -3.59. The lowest BCUT2D eigenvalue weighted by Gasteiger charge is -2.35. The van der Waals surface area contributed by atoms with E-state index >= 15 is 0 Å². The Kier molecular flexibility index (Phi) is 6.55. The van der Waals surface area contributed by atoms with E-state index in [0.717, 1.165) is 31.2 Å². The van der Waals surface area contributed by atoms with Crippen LogP contribution >= 0.6 is 0 Å². The van der Waals surface area contributed by atoms with E-state index in [-0.39, 0.29) is 37.9 Å². The molecular formula is C26H31N3O5S. The Morgan fingerprint density at radius 3 is 2.49 bits per heavy atom. The van der Waals surface area contributed by atoms with Gasteiger partial charge in [-0.1, -0.05) is 18.2 Å². The average Bonchev–Trinajstić information content (AvgIpc) is 2.88. The summed E-state index contributed by atoms with van der Waals surface area (Å²) in [6.07, 6.45) is 3.76. The summed E-state index contributed by atoms with van der Waals surface area (Å²) >= 11 is 0. The molecule has 0 spiro atoms. The molecule has 3 aliphatic rings. The second kappa shape index (κ2) is 9.62. The second-order valence-electron chi connectivity index (χ2n) is 9.39. The minimum Gasteiger partial charge on any atom is -0.479 e. The molecule has 0 N–H and O–H groups in total. The molecule has 2 aromatic rings. The van der Waals surface area contributed by atoms with Crippen LogP contribution in [0.15, 0.2) is 47.4 Å². The van der Waals surface area contributed by atoms with Crippen LogP contribution in [0.5, 0.6) is 5.75 Å². The van der Waals surface area contributed by atoms with Gasteiger partial charge in [-0.15, -0.1) is 0 Å². The maximum absolute atomic E-state index is 13.2. The van der Waals surface area contributed by atoms with Crippen molar-refractivity contribution in [2.75, 3.05) is 37.6 Å². The Hall–Kier alpha value is -2.91. The van der Waals surface area contributed by atoms with Gasteiger partial charge in [-0.25, -0.2) is 8.42 Å². The number of hydrogen-bond acceptors (Lipinski definition) is 5. The summed E-state index contributed by atoms with van der Waals surface area (Å²) in [4.78, 5) is 29.2. The predicted molar refractivity (Wildman–Crippen MR) is 132 cm³/mol. The number of carbonyl (C=O) groups excluding carboxylic acids is 2. The number of amides is 2. The number of sulfonamides is 1. The molecule has 0 saturated carbocycles. The smallest absolute Gasteiger partial charge is 0.267 e. The molecule has 186 valence electrons. The van der Waals surface area contributed by atoms with Gasteiger partial charge in [-0.3, -0.25) is 9.59 Å². The molecule has 1 unspecified atom stereocenters. The molecule has 1 saturated heterocycles. The number of aryl methyl sites for hydroxylation is 2. The first-order valence-electron chi connectivity index (χ1n) is 12.3. The van der Waals surface area contributed by atoms with Gasteiger partial charge in [0.2, 0.25) is 15.9 Å². The van der Waals surface area contributed by atoms with Crippen molar-refractivity contribution in [3.63, 3.8) is 0 Å². The highest BCUT2D eigenvalue weighted by molar-refractivity contribution is 7.89. The van der Waals surface area contributed by atoms with Crippen molar-refractivity contribution in [1.82, 2.24) is 9.21 Å². The van der Waals surface area contributed by atoms with Gasteiger partial charge in [0.1, 0.15) is 5.75 Å². The van der Waals surface area contributed by atoms with Gasteiger partial charge in [0.05, 0.1) is 10.6 Å². The Balaban J connectivity index is 1.19. The van der Waals surface area contributed by atoms with Gasteiger partial charge >= 0.3 is 0 Å². The molecule has 2 heterocycles. The zero-order chi connectivity index (χ0) is 24.6. The van der Waals surface area contributed by atoms with Crippen molar-refractivity contribution < 1.29 is 22.7 Å². The molecule has 1 fully saturated rings. The van der Waals surface area contributed by atoms with Crippen LogP contribution in [-0.2, 0) is 32.5 Å². The fraction of sp³-hybridized carbons (Fsp3) is 0.462. The highest BCUT2D eigenvalue weighted by atomic mass is 32.2. The molecule has 1 atom stereocenters. The van der Waals surface area contributed by atoms with Crippen LogP contribution in [0.3, 0.4) is 0 Å². The maximum Gasteiger partial charge on any atom is 0.267 e. The summed E-state index contributed by atoms with van der Waals surface area (Å²) in [5.74, 6) is 0.380. The normalized spacial score (nSPS) is 20.7. The van der Waals surface area contributed by atoms with Crippen LogP contribution < -0.4 is 9.64 Å². The number of piperazine rings is 1. The van der Waals surface area contributed by atoms with Crippen LogP contribution in [-0.4, -0.2) is 68.3 Å². The van der Waals surface area contributed by atoms with Crippen LogP contribution in [0.1, 0.15) is 37.3 Å². The van der Waals surface area contributed by atoms with Gasteiger partial charge in [0, 0.05) is 39.1 Å². The molecule has 8 nitrogen and oxygen atoms in total. The maximum atomic E-state index is 13.2. The number of fused-ring (bicyclic) bond motifs is 2. The Labute approximate surface area is 206 Å². The van der Waals surface area contributed by atoms with Crippen molar-refractivity contribution >= 4 is 27.5 Å². The Morgan fingerprint density at radius 1 is 1.00 bits per heavy atom. The molecule has 1 aliphatic carbocycles. The third-order valence-electron chi connectivity index (χ3n) is 7.17. The van der Waals surface area contributed by atoms with Crippen molar-refractivity contribution in [2.45, 2.75) is 50.0 Å². The fourth-order valence-corrected chi connectivity index (χ4v) is 6.63. The first-order chi connectivity index (χ1) is 16.8. The topological polar surface area (TPSA) is 87.2 Å². The third-order valence-corrected chi connectivity index (χ3v) is 9.07. The quantitative estimate of drug-likeness (QED) is 0.634. The third kappa shape index (κ3) is 4.67. The minimum atomic E-state index is -3.59. The van der Waals surface area contributed by atoms with Crippen LogP contribution in [0.4, 0.5) is 5.69 Å². The van der Waals surface area contributed by atoms with E-state index in [0.29, 0.717) is 29.4 Å². The van der Waals surface area contributed by atoms with E-state index in [1.165, 1.54) is 9.87 Å². The van der Waals surface area contributed by atoms with Crippen LogP contribution in [0, 0.1) is 0 Å². The molecular weight excluding hydrogens is 466 g/mol. The zero-order valence-corrected chi connectivity index (χ0v) is 20.8. The molecule has 0 radical (unpaired) electrons. The lowest BCUT2D eigenvalue weighted by Crippen LogP contribution is -2.51. The lowest BCUT2D eigenvalue weighted by molar-refractivity contribution is -0.132. The summed E-state index contributed by atoms with van der Waals surface area (Å²) in [5.41, 5.74) is 3.06. The van der Waals surface area contributed by atoms with Gasteiger partial charge in [-0.05, 0) is 68.0 Å². The van der Waals surface area contributed by atoms with Crippen molar-refractivity contribution in [2.24, 2.45) is 0 Å². The highest BCUT2D eigenvalue weighted by Gasteiger charge is 2.33. The van der Waals surface area contributed by atoms with E-state index in [9.17, 15) is 18.0 Å². The predicted octanol–water partition coefficient (Wildman–Crippen LogP) is 2.60. The van der Waals surface area contributed by atoms with Crippen LogP contribution in [0.2, 0.25) is 0 Å². The van der Waals surface area contributed by atoms with Crippen molar-refractivity contribution in [1.29, 1.82) is 0 Å². The molecule has 0 bridgehead atoms. The summed E-state index contributed by atoms with van der Waals surface area (Å²) in [6.45, 7) is 3.18. The van der Waals surface area contributed by atoms with Crippen molar-refractivity contribution in [3.05, 3.63) is 53.6 Å². The first kappa shape index (κ1) is 23.8. The minimum absolute atomic E-state index is 0.0831. The van der Waals surface area contributed by atoms with E-state index in [4.69, 9.17) is 4.74 Å². The number of nitrogens with zero attached hydrogens (tertiary/aromatic N) is 3. The van der Waals surface area contributed by atoms with Crippen molar-refractivity contribution in [3.8, 4) is 5.75 Å². The molecule has 2 aromatic carbocycles. The van der Waals surface area contributed by atoms with Gasteiger partial charge in [-0.2, -0.15) is 4.31 Å². The largest absolute Gasteiger partial charge is 0.479 e. The Bertz CT molecular complexity index is 1240. The Morgan fingerprint density at radius 2 is 1.71 bits per heavy atom. The zero-order valence-electron chi connectivity index (χ0n) is 20.0. The first-order valence-corrected chi connectivity index (χ1v) is 13.8. The lowest BCUT2D eigenvalue weighted by atomic mass is 9.92. The number of anilines is 1. The highest BCUT2D eigenvalue weighted by Crippen LogP contribution is 2.33. The number of ether oxygens (including phenoxy) is 1. The van der Waals surface area contributed by atoms with E-state index in [1.54, 1.807) is 22.8 Å². The molecule has 2 amide bonds. The van der Waals surface area contributed by atoms with E-state index in [2.05, 4.69) is 0 Å². The molecule has 5 rings (SSSR count). The number of rotatable bonds is 5. The van der Waals surface area contributed by atoms with E-state index in [1.807, 2.05) is 36.4 Å². The average molecular weight is 498 g/mol. The molecule has 9 heteroatoms. The monoisotopic (exact) mass is 497 g/mol. The molecule has 0 aromatic heterocycles. The van der Waals surface area contributed by atoms with Gasteiger partial charge in [0.15, 0.2) is 6.10 Å². The summed E-state index contributed by atoms with van der Waals surface area (Å²) in [6, 6.07) is 12.8. The number of para-hydroxylation sites is 2. The van der Waals surface area contributed by atoms with Gasteiger partial charge in [0.25, 0.3) is 5.91 Å². The standard InChI is InChI=1S/C26H31N3O5S/c1-19-26(31)29(23-8-4-5-9-24(23)34-19)13-12-25(30)27-14-16-28(17-15-27)35(32,33)22-11-10-20-6-2-3-7-21(20)18-22/h4-5,8-11,18-19H,2-3,6-7,12-17H2,1H3. The summed E-state index contributed by atoms with van der Waals surface area (Å²) < 4.78 is 33.6. The van der Waals surface area contributed by atoms with Crippen LogP contribution in [0.25, 0.3) is 0 Å². The van der Waals surface area contributed by atoms with E-state index < -0.39 is 16.1 Å². The number of carbonyl (C=O) groups is 2.